The molecule has 1 N–H and O–H groups in total. The van der Waals surface area contributed by atoms with Gasteiger partial charge in [-0.05, 0) is 51.8 Å². The van der Waals surface area contributed by atoms with Crippen molar-refractivity contribution in [3.8, 4) is 0 Å². The monoisotopic (exact) mass is 267 g/mol. The van der Waals surface area contributed by atoms with Crippen LogP contribution in [0.15, 0.2) is 6.07 Å². The highest BCUT2D eigenvalue weighted by atomic mass is 32.1. The van der Waals surface area contributed by atoms with Crippen LogP contribution in [0.3, 0.4) is 0 Å². The Morgan fingerprint density at radius 3 is 2.83 bits per heavy atom. The average molecular weight is 267 g/mol. The Morgan fingerprint density at radius 2 is 2.28 bits per heavy atom. The minimum Gasteiger partial charge on any atom is -0.481 e. The molecule has 1 saturated heterocycles. The first-order valence-corrected chi connectivity index (χ1v) is 7.24. The van der Waals surface area contributed by atoms with Gasteiger partial charge in [-0.3, -0.25) is 9.69 Å². The summed E-state index contributed by atoms with van der Waals surface area (Å²) in [6.45, 7) is 8.70. The maximum Gasteiger partial charge on any atom is 0.310 e. The van der Waals surface area contributed by atoms with Gasteiger partial charge in [-0.15, -0.1) is 11.3 Å². The van der Waals surface area contributed by atoms with Crippen LogP contribution in [0, 0.1) is 19.3 Å². The lowest BCUT2D eigenvalue weighted by molar-refractivity contribution is -0.151. The van der Waals surface area contributed by atoms with E-state index in [0.29, 0.717) is 6.54 Å². The molecule has 0 aromatic carbocycles. The molecule has 1 aliphatic heterocycles. The van der Waals surface area contributed by atoms with Crippen LogP contribution >= 0.6 is 11.3 Å². The summed E-state index contributed by atoms with van der Waals surface area (Å²) in [5.74, 6) is -0.662. The largest absolute Gasteiger partial charge is 0.481 e. The van der Waals surface area contributed by atoms with Crippen molar-refractivity contribution in [1.29, 1.82) is 0 Å². The van der Waals surface area contributed by atoms with Gasteiger partial charge in [0.1, 0.15) is 0 Å². The fraction of sp³-hybridized carbons (Fsp3) is 0.643. The van der Waals surface area contributed by atoms with E-state index in [0.717, 1.165) is 25.9 Å². The topological polar surface area (TPSA) is 40.5 Å². The first kappa shape index (κ1) is 13.6. The smallest absolute Gasteiger partial charge is 0.310 e. The molecular weight excluding hydrogens is 246 g/mol. The van der Waals surface area contributed by atoms with E-state index in [1.54, 1.807) is 0 Å². The minimum atomic E-state index is -0.662. The number of likely N-dealkylation sites (tertiary alicyclic amines) is 1. The van der Waals surface area contributed by atoms with E-state index in [2.05, 4.69) is 24.8 Å². The molecule has 1 fully saturated rings. The molecule has 1 atom stereocenters. The number of hydrogen-bond acceptors (Lipinski definition) is 3. The van der Waals surface area contributed by atoms with E-state index in [9.17, 15) is 9.90 Å². The number of aliphatic carboxylic acids is 1. The van der Waals surface area contributed by atoms with Crippen molar-refractivity contribution < 1.29 is 9.90 Å². The zero-order chi connectivity index (χ0) is 13.3. The molecule has 3 nitrogen and oxygen atoms in total. The third kappa shape index (κ3) is 2.75. The van der Waals surface area contributed by atoms with Gasteiger partial charge < -0.3 is 5.11 Å². The molecule has 0 bridgehead atoms. The number of rotatable bonds is 3. The molecule has 0 aliphatic carbocycles. The predicted octanol–water partition coefficient (Wildman–Crippen LogP) is 3.05. The Balaban J connectivity index is 2.06. The van der Waals surface area contributed by atoms with Crippen molar-refractivity contribution in [3.63, 3.8) is 0 Å². The van der Waals surface area contributed by atoms with Crippen LogP contribution in [-0.2, 0) is 11.3 Å². The molecule has 0 saturated carbocycles. The number of piperidine rings is 1. The number of nitrogens with zero attached hydrogens (tertiary/aromatic N) is 1. The van der Waals surface area contributed by atoms with Crippen molar-refractivity contribution in [3.05, 3.63) is 21.4 Å². The summed E-state index contributed by atoms with van der Waals surface area (Å²) in [6, 6.07) is 2.23. The van der Waals surface area contributed by atoms with Crippen LogP contribution < -0.4 is 0 Å². The lowest BCUT2D eigenvalue weighted by Gasteiger charge is -2.37. The first-order valence-electron chi connectivity index (χ1n) is 6.42. The van der Waals surface area contributed by atoms with Crippen molar-refractivity contribution in [2.45, 2.75) is 40.2 Å². The van der Waals surface area contributed by atoms with E-state index >= 15 is 0 Å². The van der Waals surface area contributed by atoms with Gasteiger partial charge in [-0.25, -0.2) is 0 Å². The maximum absolute atomic E-state index is 11.3. The molecule has 1 aliphatic rings. The Bertz CT molecular complexity index is 455. The number of aryl methyl sites for hydroxylation is 2. The number of carboxylic acids is 1. The lowest BCUT2D eigenvalue weighted by atomic mass is 9.82. The van der Waals surface area contributed by atoms with Gasteiger partial charge in [0, 0.05) is 22.8 Å². The van der Waals surface area contributed by atoms with Crippen molar-refractivity contribution in [1.82, 2.24) is 4.90 Å². The van der Waals surface area contributed by atoms with Gasteiger partial charge in [0.05, 0.1) is 5.41 Å². The van der Waals surface area contributed by atoms with Crippen LogP contribution in [-0.4, -0.2) is 29.1 Å². The standard InChI is InChI=1S/C14H21NO2S/c1-10-7-12(11(2)18-10)8-15-6-4-5-14(3,9-15)13(16)17/h7H,4-6,8-9H2,1-3H3,(H,16,17). The molecule has 1 aromatic rings. The second kappa shape index (κ2) is 5.02. The third-order valence-electron chi connectivity index (χ3n) is 3.83. The van der Waals surface area contributed by atoms with Crippen LogP contribution in [0.4, 0.5) is 0 Å². The van der Waals surface area contributed by atoms with Gasteiger partial charge in [0.15, 0.2) is 0 Å². The normalized spacial score (nSPS) is 25.3. The predicted molar refractivity (Wildman–Crippen MR) is 74.0 cm³/mol. The summed E-state index contributed by atoms with van der Waals surface area (Å²) >= 11 is 1.82. The third-order valence-corrected chi connectivity index (χ3v) is 4.84. The van der Waals surface area contributed by atoms with E-state index in [4.69, 9.17) is 0 Å². The highest BCUT2D eigenvalue weighted by Crippen LogP contribution is 2.31. The van der Waals surface area contributed by atoms with Gasteiger partial charge in [-0.2, -0.15) is 0 Å². The van der Waals surface area contributed by atoms with Crippen molar-refractivity contribution in [2.75, 3.05) is 13.1 Å². The number of thiophene rings is 1. The molecule has 4 heteroatoms. The van der Waals surface area contributed by atoms with Gasteiger partial charge >= 0.3 is 5.97 Å². The molecule has 2 heterocycles. The van der Waals surface area contributed by atoms with Crippen LogP contribution in [0.25, 0.3) is 0 Å². The van der Waals surface area contributed by atoms with Gasteiger partial charge in [0.25, 0.3) is 0 Å². The maximum atomic E-state index is 11.3. The summed E-state index contributed by atoms with van der Waals surface area (Å²) in [4.78, 5) is 16.3. The average Bonchev–Trinajstić information content (AvgIpc) is 2.57. The number of carbonyl (C=O) groups is 1. The molecular formula is C14H21NO2S. The van der Waals surface area contributed by atoms with Gasteiger partial charge in [0.2, 0.25) is 0 Å². The highest BCUT2D eigenvalue weighted by Gasteiger charge is 2.37. The fourth-order valence-electron chi connectivity index (χ4n) is 2.74. The van der Waals surface area contributed by atoms with E-state index in [-0.39, 0.29) is 0 Å². The molecule has 2 rings (SSSR count). The summed E-state index contributed by atoms with van der Waals surface area (Å²) in [5, 5.41) is 9.32. The molecule has 0 amide bonds. The molecule has 1 unspecified atom stereocenters. The Morgan fingerprint density at radius 1 is 1.56 bits per heavy atom. The summed E-state index contributed by atoms with van der Waals surface area (Å²) in [5.41, 5.74) is 0.782. The number of carboxylic acid groups (broad SMARTS) is 1. The van der Waals surface area contributed by atoms with Crippen LogP contribution in [0.2, 0.25) is 0 Å². The Kier molecular flexibility index (Phi) is 3.78. The lowest BCUT2D eigenvalue weighted by Crippen LogP contribution is -2.45. The Labute approximate surface area is 112 Å². The van der Waals surface area contributed by atoms with E-state index in [1.165, 1.54) is 15.3 Å². The SMILES string of the molecule is Cc1cc(CN2CCCC(C)(C(=O)O)C2)c(C)s1. The van der Waals surface area contributed by atoms with Crippen LogP contribution in [0.5, 0.6) is 0 Å². The molecule has 0 radical (unpaired) electrons. The zero-order valence-corrected chi connectivity index (χ0v) is 12.1. The molecule has 100 valence electrons. The molecule has 0 spiro atoms. The van der Waals surface area contributed by atoms with E-state index < -0.39 is 11.4 Å². The first-order chi connectivity index (χ1) is 8.40. The van der Waals surface area contributed by atoms with Crippen molar-refractivity contribution >= 4 is 17.3 Å². The molecule has 1 aromatic heterocycles. The minimum absolute atomic E-state index is 0.572. The quantitative estimate of drug-likeness (QED) is 0.915. The highest BCUT2D eigenvalue weighted by molar-refractivity contribution is 7.12. The van der Waals surface area contributed by atoms with Gasteiger partial charge in [-0.1, -0.05) is 0 Å². The van der Waals surface area contributed by atoms with Crippen LogP contribution in [0.1, 0.15) is 35.1 Å². The number of hydrogen-bond donors (Lipinski definition) is 1. The second-order valence-corrected chi connectivity index (χ2v) is 7.08. The zero-order valence-electron chi connectivity index (χ0n) is 11.3. The second-order valence-electron chi connectivity index (χ2n) is 5.62. The molecule has 18 heavy (non-hydrogen) atoms. The van der Waals surface area contributed by atoms with E-state index in [1.807, 2.05) is 18.3 Å². The summed E-state index contributed by atoms with van der Waals surface area (Å²) < 4.78 is 0. The van der Waals surface area contributed by atoms with Crippen molar-refractivity contribution in [2.24, 2.45) is 5.41 Å². The summed E-state index contributed by atoms with van der Waals surface area (Å²) in [6.07, 6.45) is 1.77. The fourth-order valence-corrected chi connectivity index (χ4v) is 3.67. The Hall–Kier alpha value is -0.870. The summed E-state index contributed by atoms with van der Waals surface area (Å²) in [7, 11) is 0.